The molecule has 1 aromatic heterocycles. The summed E-state index contributed by atoms with van der Waals surface area (Å²) in [5.41, 5.74) is 5.28. The predicted octanol–water partition coefficient (Wildman–Crippen LogP) is 4.32. The Morgan fingerprint density at radius 1 is 0.935 bits per heavy atom. The lowest BCUT2D eigenvalue weighted by Gasteiger charge is -2.29. The molecule has 2 aromatic carbocycles. The summed E-state index contributed by atoms with van der Waals surface area (Å²) in [5.74, 6) is 0.0250. The molecule has 1 amide bonds. The Bertz CT molecular complexity index is 966. The van der Waals surface area contributed by atoms with Gasteiger partial charge in [0.25, 0.3) is 5.91 Å². The van der Waals surface area contributed by atoms with Crippen molar-refractivity contribution in [2.75, 3.05) is 31.2 Å². The molecule has 0 saturated carbocycles. The molecule has 3 aromatic rings. The molecule has 160 valence electrons. The minimum Gasteiger partial charge on any atom is -0.378 e. The van der Waals surface area contributed by atoms with Gasteiger partial charge in [-0.2, -0.15) is 0 Å². The molecule has 1 aliphatic heterocycles. The summed E-state index contributed by atoms with van der Waals surface area (Å²) in [6.45, 7) is 6.49. The number of anilines is 1. The van der Waals surface area contributed by atoms with E-state index in [1.807, 2.05) is 47.5 Å². The molecule has 0 aliphatic carbocycles. The van der Waals surface area contributed by atoms with E-state index in [4.69, 9.17) is 4.74 Å². The normalized spacial score (nSPS) is 13.8. The fourth-order valence-electron chi connectivity index (χ4n) is 3.83. The number of pyridine rings is 1. The molecule has 5 heteroatoms. The van der Waals surface area contributed by atoms with Gasteiger partial charge < -0.3 is 14.5 Å². The van der Waals surface area contributed by atoms with Crippen molar-refractivity contribution in [3.63, 3.8) is 0 Å². The third kappa shape index (κ3) is 5.50. The van der Waals surface area contributed by atoms with Crippen molar-refractivity contribution in [1.29, 1.82) is 0 Å². The maximum atomic E-state index is 13.4. The molecule has 2 heterocycles. The van der Waals surface area contributed by atoms with E-state index in [1.165, 1.54) is 5.56 Å². The van der Waals surface area contributed by atoms with Gasteiger partial charge in [-0.3, -0.25) is 9.78 Å². The molecule has 0 spiro atoms. The van der Waals surface area contributed by atoms with Crippen LogP contribution in [0.4, 0.5) is 5.69 Å². The second kappa shape index (κ2) is 10.2. The van der Waals surface area contributed by atoms with Crippen LogP contribution in [-0.2, 0) is 24.2 Å². The molecule has 31 heavy (non-hydrogen) atoms. The van der Waals surface area contributed by atoms with E-state index >= 15 is 0 Å². The maximum Gasteiger partial charge on any atom is 0.254 e. The van der Waals surface area contributed by atoms with Crippen LogP contribution < -0.4 is 4.90 Å². The zero-order valence-electron chi connectivity index (χ0n) is 18.0. The molecule has 1 aliphatic rings. The van der Waals surface area contributed by atoms with Crippen molar-refractivity contribution in [3.8, 4) is 0 Å². The van der Waals surface area contributed by atoms with Gasteiger partial charge in [-0.1, -0.05) is 37.3 Å². The summed E-state index contributed by atoms with van der Waals surface area (Å²) in [6.07, 6.45) is 4.58. The number of aryl methyl sites for hydroxylation is 1. The van der Waals surface area contributed by atoms with Crippen molar-refractivity contribution in [3.05, 3.63) is 95.3 Å². The van der Waals surface area contributed by atoms with Gasteiger partial charge in [-0.05, 0) is 53.4 Å². The van der Waals surface area contributed by atoms with Crippen LogP contribution in [0.5, 0.6) is 0 Å². The number of carbonyl (C=O) groups excluding carboxylic acids is 1. The molecule has 1 fully saturated rings. The molecule has 0 radical (unpaired) electrons. The highest BCUT2D eigenvalue weighted by Crippen LogP contribution is 2.20. The Labute approximate surface area is 184 Å². The van der Waals surface area contributed by atoms with Gasteiger partial charge in [0.2, 0.25) is 0 Å². The van der Waals surface area contributed by atoms with E-state index in [2.05, 4.69) is 41.1 Å². The first-order valence-electron chi connectivity index (χ1n) is 10.9. The van der Waals surface area contributed by atoms with Gasteiger partial charge in [-0.15, -0.1) is 0 Å². The van der Waals surface area contributed by atoms with Gasteiger partial charge in [0.05, 0.1) is 13.2 Å². The van der Waals surface area contributed by atoms with Gasteiger partial charge in [0.1, 0.15) is 0 Å². The lowest BCUT2D eigenvalue weighted by Crippen LogP contribution is -2.36. The third-order valence-corrected chi connectivity index (χ3v) is 5.68. The summed E-state index contributed by atoms with van der Waals surface area (Å²) in [5, 5.41) is 0. The summed E-state index contributed by atoms with van der Waals surface area (Å²) in [6, 6.07) is 20.4. The van der Waals surface area contributed by atoms with E-state index in [-0.39, 0.29) is 5.91 Å². The molecular weight excluding hydrogens is 386 g/mol. The van der Waals surface area contributed by atoms with Crippen molar-refractivity contribution in [2.45, 2.75) is 26.4 Å². The summed E-state index contributed by atoms with van der Waals surface area (Å²) < 4.78 is 5.43. The lowest BCUT2D eigenvalue weighted by molar-refractivity contribution is 0.0730. The first-order chi connectivity index (χ1) is 15.2. The minimum absolute atomic E-state index is 0.0250. The Morgan fingerprint density at radius 2 is 1.61 bits per heavy atom. The number of carbonyl (C=O) groups is 1. The van der Waals surface area contributed by atoms with Crippen LogP contribution in [-0.4, -0.2) is 42.1 Å². The monoisotopic (exact) mass is 415 g/mol. The average Bonchev–Trinajstić information content (AvgIpc) is 2.85. The minimum atomic E-state index is 0.0250. The predicted molar refractivity (Wildman–Crippen MR) is 123 cm³/mol. The second-order valence-corrected chi connectivity index (χ2v) is 7.84. The number of benzene rings is 2. The number of nitrogens with zero attached hydrogens (tertiary/aromatic N) is 3. The van der Waals surface area contributed by atoms with Crippen LogP contribution in [0.1, 0.15) is 34.0 Å². The molecule has 1 saturated heterocycles. The van der Waals surface area contributed by atoms with Crippen LogP contribution in [0.2, 0.25) is 0 Å². The number of amides is 1. The highest BCUT2D eigenvalue weighted by Gasteiger charge is 2.18. The quantitative estimate of drug-likeness (QED) is 0.576. The first kappa shape index (κ1) is 21.1. The van der Waals surface area contributed by atoms with Gasteiger partial charge in [0, 0.05) is 49.8 Å². The van der Waals surface area contributed by atoms with Crippen LogP contribution in [0, 0.1) is 0 Å². The number of hydrogen-bond donors (Lipinski definition) is 0. The van der Waals surface area contributed by atoms with Gasteiger partial charge >= 0.3 is 0 Å². The third-order valence-electron chi connectivity index (χ3n) is 5.68. The van der Waals surface area contributed by atoms with Crippen molar-refractivity contribution in [1.82, 2.24) is 9.88 Å². The Hall–Kier alpha value is -3.18. The standard InChI is InChI=1S/C26H29N3O2/c1-2-21-5-7-22(8-6-21)19-29(20-23-4-3-13-27-18-23)26(30)24-9-11-25(12-10-24)28-14-16-31-17-15-28/h3-13,18H,2,14-17,19-20H2,1H3. The number of hydrogen-bond acceptors (Lipinski definition) is 4. The number of rotatable bonds is 7. The Balaban J connectivity index is 1.53. The smallest absolute Gasteiger partial charge is 0.254 e. The largest absolute Gasteiger partial charge is 0.378 e. The van der Waals surface area contributed by atoms with Gasteiger partial charge in [0.15, 0.2) is 0 Å². The summed E-state index contributed by atoms with van der Waals surface area (Å²) in [7, 11) is 0. The van der Waals surface area contributed by atoms with Crippen LogP contribution >= 0.6 is 0 Å². The maximum absolute atomic E-state index is 13.4. The number of aromatic nitrogens is 1. The first-order valence-corrected chi connectivity index (χ1v) is 10.9. The fourth-order valence-corrected chi connectivity index (χ4v) is 3.83. The van der Waals surface area contributed by atoms with Crippen LogP contribution in [0.25, 0.3) is 0 Å². The van der Waals surface area contributed by atoms with Crippen molar-refractivity contribution < 1.29 is 9.53 Å². The fraction of sp³-hybridized carbons (Fsp3) is 0.308. The Morgan fingerprint density at radius 3 is 2.26 bits per heavy atom. The topological polar surface area (TPSA) is 45.7 Å². The average molecular weight is 416 g/mol. The molecule has 4 rings (SSSR count). The van der Waals surface area contributed by atoms with Crippen molar-refractivity contribution in [2.24, 2.45) is 0 Å². The van der Waals surface area contributed by atoms with E-state index in [0.29, 0.717) is 18.7 Å². The molecule has 0 atom stereocenters. The zero-order valence-corrected chi connectivity index (χ0v) is 18.0. The summed E-state index contributed by atoms with van der Waals surface area (Å²) >= 11 is 0. The van der Waals surface area contributed by atoms with Crippen LogP contribution in [0.15, 0.2) is 73.1 Å². The molecule has 0 N–H and O–H groups in total. The number of ether oxygens (including phenoxy) is 1. The lowest BCUT2D eigenvalue weighted by atomic mass is 10.1. The number of morpholine rings is 1. The molecule has 5 nitrogen and oxygen atoms in total. The van der Waals surface area contributed by atoms with E-state index in [9.17, 15) is 4.79 Å². The second-order valence-electron chi connectivity index (χ2n) is 7.84. The van der Waals surface area contributed by atoms with E-state index < -0.39 is 0 Å². The summed E-state index contributed by atoms with van der Waals surface area (Å²) in [4.78, 5) is 21.8. The van der Waals surface area contributed by atoms with Crippen molar-refractivity contribution >= 4 is 11.6 Å². The van der Waals surface area contributed by atoms with Crippen LogP contribution in [0.3, 0.4) is 0 Å². The van der Waals surface area contributed by atoms with E-state index in [0.717, 1.165) is 49.5 Å². The molecular formula is C26H29N3O2. The SMILES string of the molecule is CCc1ccc(CN(Cc2cccnc2)C(=O)c2ccc(N3CCOCC3)cc2)cc1. The van der Waals surface area contributed by atoms with Gasteiger partial charge in [-0.25, -0.2) is 0 Å². The highest BCUT2D eigenvalue weighted by molar-refractivity contribution is 5.94. The molecule has 0 unspecified atom stereocenters. The molecule has 0 bridgehead atoms. The highest BCUT2D eigenvalue weighted by atomic mass is 16.5. The van der Waals surface area contributed by atoms with E-state index in [1.54, 1.807) is 6.20 Å². The Kier molecular flexibility index (Phi) is 6.95. The zero-order chi connectivity index (χ0) is 21.5.